The van der Waals surface area contributed by atoms with E-state index >= 15 is 0 Å². The number of hydrogen-bond donors (Lipinski definition) is 0. The molecule has 3 heteroatoms. The van der Waals surface area contributed by atoms with Crippen molar-refractivity contribution in [2.24, 2.45) is 0 Å². The Labute approximate surface area is 109 Å². The normalized spacial score (nSPS) is 17.4. The Morgan fingerprint density at radius 2 is 2.12 bits per heavy atom. The van der Waals surface area contributed by atoms with Crippen molar-refractivity contribution in [2.45, 2.75) is 19.8 Å². The number of rotatable bonds is 5. The summed E-state index contributed by atoms with van der Waals surface area (Å²) in [6, 6.07) is 10.4. The second kappa shape index (κ2) is 6.04. The summed E-state index contributed by atoms with van der Waals surface area (Å²) < 4.78 is 1.33. The van der Waals surface area contributed by atoms with Crippen LogP contribution in [0.25, 0.3) is 0 Å². The van der Waals surface area contributed by atoms with Gasteiger partial charge in [-0.05, 0) is 0 Å². The molecule has 1 aliphatic heterocycles. The van der Waals surface area contributed by atoms with Crippen molar-refractivity contribution in [2.75, 3.05) is 13.1 Å². The van der Waals surface area contributed by atoms with Crippen LogP contribution in [0.2, 0.25) is 0 Å². The van der Waals surface area contributed by atoms with Gasteiger partial charge in [0, 0.05) is 0 Å². The van der Waals surface area contributed by atoms with E-state index in [2.05, 4.69) is 24.0 Å². The van der Waals surface area contributed by atoms with Gasteiger partial charge in [-0.1, -0.05) is 0 Å². The van der Waals surface area contributed by atoms with Gasteiger partial charge >= 0.3 is 109 Å². The van der Waals surface area contributed by atoms with E-state index in [-0.39, 0.29) is 5.91 Å². The molecule has 1 heterocycles. The number of hydrogen-bond acceptors (Lipinski definition) is 1. The van der Waals surface area contributed by atoms with E-state index in [1.165, 1.54) is 4.46 Å². The Kier molecular flexibility index (Phi) is 4.41. The zero-order chi connectivity index (χ0) is 12.1. The molecule has 1 saturated heterocycles. The molecule has 0 aliphatic carbocycles. The summed E-state index contributed by atoms with van der Waals surface area (Å²) in [5.74, 6) is 0.247. The third-order valence-corrected chi connectivity index (χ3v) is 4.77. The number of carbonyl (C=O) groups excluding carboxylic acids is 1. The number of likely N-dealkylation sites (tertiary alicyclic amines) is 1. The topological polar surface area (TPSA) is 20.3 Å². The predicted molar refractivity (Wildman–Crippen MR) is 71.4 cm³/mol. The average molecular weight is 294 g/mol. The van der Waals surface area contributed by atoms with Crippen LogP contribution in [0.15, 0.2) is 40.9 Å². The van der Waals surface area contributed by atoms with E-state index in [1.54, 1.807) is 0 Å². The van der Waals surface area contributed by atoms with E-state index < -0.39 is 0 Å². The molecule has 0 unspecified atom stereocenters. The molecule has 17 heavy (non-hydrogen) atoms. The van der Waals surface area contributed by atoms with Crippen molar-refractivity contribution in [3.8, 4) is 0 Å². The Morgan fingerprint density at radius 3 is 2.76 bits per heavy atom. The molecule has 1 amide bonds. The third kappa shape index (κ3) is 3.21. The second-order valence-corrected chi connectivity index (χ2v) is 6.13. The molecular formula is C14H17NOSe. The molecule has 1 aromatic carbocycles. The quantitative estimate of drug-likeness (QED) is 0.458. The first-order chi connectivity index (χ1) is 8.31. The zero-order valence-electron chi connectivity index (χ0n) is 10.1. The standard InChI is InChI=1S/C14H17NOSe/c1-2-3-9-15-10-12(14(15)16)11-17-13-7-5-4-6-8-13/h4-8,11H,2-3,9-10H2,1H3/b12-11-. The van der Waals surface area contributed by atoms with Gasteiger partial charge in [0.25, 0.3) is 0 Å². The summed E-state index contributed by atoms with van der Waals surface area (Å²) in [4.78, 5) is 15.8. The summed E-state index contributed by atoms with van der Waals surface area (Å²) in [7, 11) is 0. The molecule has 1 fully saturated rings. The number of unbranched alkanes of at least 4 members (excludes halogenated alkanes) is 1. The molecule has 0 aromatic heterocycles. The van der Waals surface area contributed by atoms with Crippen LogP contribution >= 0.6 is 0 Å². The molecule has 0 atom stereocenters. The maximum atomic E-state index is 11.8. The molecule has 2 rings (SSSR count). The summed E-state index contributed by atoms with van der Waals surface area (Å²) in [6.45, 7) is 3.93. The average Bonchev–Trinajstić information content (AvgIpc) is 2.38. The second-order valence-electron chi connectivity index (χ2n) is 4.15. The summed E-state index contributed by atoms with van der Waals surface area (Å²) >= 11 is 0.295. The predicted octanol–water partition coefficient (Wildman–Crippen LogP) is 1.54. The van der Waals surface area contributed by atoms with Gasteiger partial charge < -0.3 is 0 Å². The van der Waals surface area contributed by atoms with Gasteiger partial charge in [-0.2, -0.15) is 0 Å². The van der Waals surface area contributed by atoms with E-state index in [0.717, 1.165) is 31.5 Å². The van der Waals surface area contributed by atoms with Gasteiger partial charge in [0.15, 0.2) is 0 Å². The molecule has 0 bridgehead atoms. The molecular weight excluding hydrogens is 277 g/mol. The van der Waals surface area contributed by atoms with Crippen LogP contribution in [-0.2, 0) is 4.79 Å². The van der Waals surface area contributed by atoms with Crippen LogP contribution < -0.4 is 4.46 Å². The summed E-state index contributed by atoms with van der Waals surface area (Å²) in [5.41, 5.74) is 1.00. The molecule has 1 aromatic rings. The van der Waals surface area contributed by atoms with Crippen molar-refractivity contribution in [3.05, 3.63) is 40.9 Å². The van der Waals surface area contributed by atoms with Crippen molar-refractivity contribution < 1.29 is 4.79 Å². The van der Waals surface area contributed by atoms with Crippen LogP contribution in [0.1, 0.15) is 19.8 Å². The fourth-order valence-corrected chi connectivity index (χ4v) is 3.32. The van der Waals surface area contributed by atoms with Crippen molar-refractivity contribution in [3.63, 3.8) is 0 Å². The van der Waals surface area contributed by atoms with Crippen LogP contribution in [0, 0.1) is 0 Å². The van der Waals surface area contributed by atoms with Crippen molar-refractivity contribution >= 4 is 25.3 Å². The first-order valence-electron chi connectivity index (χ1n) is 6.01. The van der Waals surface area contributed by atoms with E-state index in [4.69, 9.17) is 0 Å². The van der Waals surface area contributed by atoms with Crippen molar-refractivity contribution in [1.82, 2.24) is 4.90 Å². The van der Waals surface area contributed by atoms with Crippen LogP contribution in [0.4, 0.5) is 0 Å². The number of benzene rings is 1. The minimum atomic E-state index is 0.247. The number of amides is 1. The number of carbonyl (C=O) groups is 1. The zero-order valence-corrected chi connectivity index (χ0v) is 11.8. The molecule has 90 valence electrons. The van der Waals surface area contributed by atoms with Gasteiger partial charge in [-0.25, -0.2) is 0 Å². The molecule has 0 saturated carbocycles. The van der Waals surface area contributed by atoms with Crippen molar-refractivity contribution in [1.29, 1.82) is 0 Å². The minimum absolute atomic E-state index is 0.247. The SMILES string of the molecule is CCCCN1C/C(=C/[Se]c2ccccc2)C1=O. The van der Waals surface area contributed by atoms with E-state index in [0.29, 0.717) is 15.0 Å². The van der Waals surface area contributed by atoms with Gasteiger partial charge in [0.1, 0.15) is 0 Å². The number of β-lactam (4-membered cyclic amide) rings is 1. The molecule has 1 aliphatic rings. The van der Waals surface area contributed by atoms with Crippen LogP contribution in [0.3, 0.4) is 0 Å². The Bertz CT molecular complexity index is 413. The first kappa shape index (κ1) is 12.4. The molecule has 0 radical (unpaired) electrons. The fraction of sp³-hybridized carbons (Fsp3) is 0.357. The Hall–Kier alpha value is -1.05. The van der Waals surface area contributed by atoms with Crippen LogP contribution in [0.5, 0.6) is 0 Å². The Balaban J connectivity index is 1.83. The monoisotopic (exact) mass is 295 g/mol. The van der Waals surface area contributed by atoms with Gasteiger partial charge in [-0.3, -0.25) is 0 Å². The number of nitrogens with zero attached hydrogens (tertiary/aromatic N) is 1. The molecule has 0 N–H and O–H groups in total. The van der Waals surface area contributed by atoms with E-state index in [9.17, 15) is 4.79 Å². The van der Waals surface area contributed by atoms with Gasteiger partial charge in [0.2, 0.25) is 0 Å². The molecule has 0 spiro atoms. The fourth-order valence-electron chi connectivity index (χ4n) is 1.71. The first-order valence-corrected chi connectivity index (χ1v) is 7.86. The van der Waals surface area contributed by atoms with Gasteiger partial charge in [-0.15, -0.1) is 0 Å². The third-order valence-electron chi connectivity index (χ3n) is 2.79. The Morgan fingerprint density at radius 1 is 1.35 bits per heavy atom. The van der Waals surface area contributed by atoms with E-state index in [1.807, 2.05) is 23.1 Å². The van der Waals surface area contributed by atoms with Crippen LogP contribution in [-0.4, -0.2) is 38.9 Å². The summed E-state index contributed by atoms with van der Waals surface area (Å²) in [6.07, 6.45) is 2.26. The van der Waals surface area contributed by atoms with Gasteiger partial charge in [0.05, 0.1) is 0 Å². The maximum absolute atomic E-state index is 11.8. The summed E-state index contributed by atoms with van der Waals surface area (Å²) in [5, 5.41) is 0. The molecule has 2 nitrogen and oxygen atoms in total.